The van der Waals surface area contributed by atoms with E-state index in [9.17, 15) is 13.2 Å². The summed E-state index contributed by atoms with van der Waals surface area (Å²) in [7, 11) is -3.53. The van der Waals surface area contributed by atoms with Crippen LogP contribution in [0.25, 0.3) is 10.9 Å². The van der Waals surface area contributed by atoms with Gasteiger partial charge in [0.1, 0.15) is 0 Å². The summed E-state index contributed by atoms with van der Waals surface area (Å²) in [5.41, 5.74) is 4.02. The number of carbonyl (C=O) groups excluding carboxylic acids is 1. The normalized spacial score (nSPS) is 15.2. The van der Waals surface area contributed by atoms with Gasteiger partial charge in [-0.15, -0.1) is 0 Å². The molecule has 0 bridgehead atoms. The van der Waals surface area contributed by atoms with Crippen molar-refractivity contribution in [1.82, 2.24) is 14.6 Å². The topological polar surface area (TPSA) is 88.6 Å². The number of ether oxygens (including phenoxy) is 1. The molecule has 1 amide bonds. The standard InChI is InChI=1S/C23H25N3O4S/c1-16-3-8-22-20(13-16)21(14-17(2)25-22)23(27)24-15-18-4-6-19(7-5-18)31(28,29)26-9-11-30-12-10-26/h3-8,13-14H,9-12,15H2,1-2H3,(H,24,27). The number of aromatic nitrogens is 1. The molecule has 3 aromatic rings. The largest absolute Gasteiger partial charge is 0.379 e. The number of hydrogen-bond donors (Lipinski definition) is 1. The van der Waals surface area contributed by atoms with Crippen LogP contribution in [0.15, 0.2) is 53.4 Å². The molecule has 31 heavy (non-hydrogen) atoms. The van der Waals surface area contributed by atoms with Crippen LogP contribution in [0.3, 0.4) is 0 Å². The minimum atomic E-state index is -3.53. The van der Waals surface area contributed by atoms with Gasteiger partial charge in [-0.3, -0.25) is 9.78 Å². The van der Waals surface area contributed by atoms with E-state index in [0.29, 0.717) is 38.4 Å². The summed E-state index contributed by atoms with van der Waals surface area (Å²) in [5.74, 6) is -0.189. The van der Waals surface area contributed by atoms with Gasteiger partial charge in [0.2, 0.25) is 10.0 Å². The molecule has 7 nitrogen and oxygen atoms in total. The molecule has 1 fully saturated rings. The van der Waals surface area contributed by atoms with Crippen LogP contribution in [-0.2, 0) is 21.3 Å². The van der Waals surface area contributed by atoms with Crippen LogP contribution in [0.2, 0.25) is 0 Å². The number of nitrogens with one attached hydrogen (secondary N) is 1. The number of carbonyl (C=O) groups is 1. The highest BCUT2D eigenvalue weighted by Crippen LogP contribution is 2.21. The highest BCUT2D eigenvalue weighted by Gasteiger charge is 2.26. The first-order chi connectivity index (χ1) is 14.8. The summed E-state index contributed by atoms with van der Waals surface area (Å²) < 4.78 is 32.1. The first kappa shape index (κ1) is 21.4. The summed E-state index contributed by atoms with van der Waals surface area (Å²) in [6.07, 6.45) is 0. The Morgan fingerprint density at radius 3 is 2.48 bits per heavy atom. The molecule has 0 atom stereocenters. The van der Waals surface area contributed by atoms with E-state index in [-0.39, 0.29) is 10.8 Å². The van der Waals surface area contributed by atoms with Crippen LogP contribution < -0.4 is 5.32 Å². The van der Waals surface area contributed by atoms with Crippen molar-refractivity contribution in [1.29, 1.82) is 0 Å². The van der Waals surface area contributed by atoms with Gasteiger partial charge in [0, 0.05) is 30.7 Å². The first-order valence-electron chi connectivity index (χ1n) is 10.2. The zero-order valence-corrected chi connectivity index (χ0v) is 18.4. The molecule has 1 aromatic heterocycles. The van der Waals surface area contributed by atoms with Gasteiger partial charge in [-0.25, -0.2) is 8.42 Å². The van der Waals surface area contributed by atoms with Crippen LogP contribution in [0.4, 0.5) is 0 Å². The van der Waals surface area contributed by atoms with E-state index < -0.39 is 10.0 Å². The molecular formula is C23H25N3O4S. The number of morpholine rings is 1. The number of aryl methyl sites for hydroxylation is 2. The van der Waals surface area contributed by atoms with Gasteiger partial charge in [0.15, 0.2) is 0 Å². The minimum Gasteiger partial charge on any atom is -0.379 e. The van der Waals surface area contributed by atoms with Crippen molar-refractivity contribution in [2.75, 3.05) is 26.3 Å². The highest BCUT2D eigenvalue weighted by atomic mass is 32.2. The molecule has 0 spiro atoms. The monoisotopic (exact) mass is 439 g/mol. The van der Waals surface area contributed by atoms with Gasteiger partial charge in [0.25, 0.3) is 5.91 Å². The fourth-order valence-electron chi connectivity index (χ4n) is 3.65. The molecule has 0 unspecified atom stereocenters. The van der Waals surface area contributed by atoms with E-state index in [1.165, 1.54) is 4.31 Å². The molecule has 2 heterocycles. The molecule has 2 aromatic carbocycles. The van der Waals surface area contributed by atoms with E-state index >= 15 is 0 Å². The lowest BCUT2D eigenvalue weighted by Crippen LogP contribution is -2.40. The van der Waals surface area contributed by atoms with Gasteiger partial charge in [0.05, 0.1) is 29.2 Å². The number of amides is 1. The summed E-state index contributed by atoms with van der Waals surface area (Å²) in [4.78, 5) is 17.6. The molecule has 162 valence electrons. The number of nitrogens with zero attached hydrogens (tertiary/aromatic N) is 2. The average molecular weight is 440 g/mol. The highest BCUT2D eigenvalue weighted by molar-refractivity contribution is 7.89. The third-order valence-electron chi connectivity index (χ3n) is 5.32. The predicted molar refractivity (Wildman–Crippen MR) is 118 cm³/mol. The van der Waals surface area contributed by atoms with E-state index in [4.69, 9.17) is 4.74 Å². The Hall–Kier alpha value is -2.81. The van der Waals surface area contributed by atoms with Crippen LogP contribution in [0, 0.1) is 13.8 Å². The van der Waals surface area contributed by atoms with Crippen molar-refractivity contribution in [2.45, 2.75) is 25.3 Å². The number of sulfonamides is 1. The summed E-state index contributed by atoms with van der Waals surface area (Å²) >= 11 is 0. The van der Waals surface area contributed by atoms with E-state index in [1.54, 1.807) is 30.3 Å². The van der Waals surface area contributed by atoms with Crippen molar-refractivity contribution < 1.29 is 17.9 Å². The molecule has 0 saturated carbocycles. The summed E-state index contributed by atoms with van der Waals surface area (Å²) in [6.45, 7) is 5.68. The van der Waals surface area contributed by atoms with E-state index in [2.05, 4.69) is 10.3 Å². The maximum atomic E-state index is 12.9. The number of fused-ring (bicyclic) bond motifs is 1. The third kappa shape index (κ3) is 4.61. The lowest BCUT2D eigenvalue weighted by atomic mass is 10.0. The Kier molecular flexibility index (Phi) is 6.04. The van der Waals surface area contributed by atoms with Crippen molar-refractivity contribution >= 4 is 26.8 Å². The Labute approximate surface area is 182 Å². The molecule has 0 radical (unpaired) electrons. The second-order valence-corrected chi connectivity index (χ2v) is 9.61. The first-order valence-corrected chi connectivity index (χ1v) is 11.6. The number of hydrogen-bond acceptors (Lipinski definition) is 5. The Bertz CT molecular complexity index is 1220. The molecule has 8 heteroatoms. The smallest absolute Gasteiger partial charge is 0.252 e. The van der Waals surface area contributed by atoms with Crippen molar-refractivity contribution in [3.63, 3.8) is 0 Å². The number of pyridine rings is 1. The molecular weight excluding hydrogens is 414 g/mol. The van der Waals surface area contributed by atoms with E-state index in [1.807, 2.05) is 32.0 Å². The fourth-order valence-corrected chi connectivity index (χ4v) is 5.06. The second kappa shape index (κ2) is 8.74. The predicted octanol–water partition coefficient (Wildman–Crippen LogP) is 2.80. The van der Waals surface area contributed by atoms with Crippen LogP contribution in [0.5, 0.6) is 0 Å². The van der Waals surface area contributed by atoms with Crippen LogP contribution in [-0.4, -0.2) is 49.9 Å². The van der Waals surface area contributed by atoms with Gasteiger partial charge in [-0.05, 0) is 49.7 Å². The maximum Gasteiger partial charge on any atom is 0.252 e. The van der Waals surface area contributed by atoms with Crippen LogP contribution in [0.1, 0.15) is 27.2 Å². The van der Waals surface area contributed by atoms with Crippen molar-refractivity contribution in [2.24, 2.45) is 0 Å². The Balaban J connectivity index is 1.48. The quantitative estimate of drug-likeness (QED) is 0.660. The van der Waals surface area contributed by atoms with Crippen molar-refractivity contribution in [3.8, 4) is 0 Å². The molecule has 1 saturated heterocycles. The summed E-state index contributed by atoms with van der Waals surface area (Å²) in [6, 6.07) is 14.3. The van der Waals surface area contributed by atoms with Gasteiger partial charge >= 0.3 is 0 Å². The number of benzene rings is 2. The molecule has 1 aliphatic rings. The third-order valence-corrected chi connectivity index (χ3v) is 7.23. The Morgan fingerprint density at radius 1 is 1.06 bits per heavy atom. The second-order valence-electron chi connectivity index (χ2n) is 7.67. The zero-order valence-electron chi connectivity index (χ0n) is 17.6. The molecule has 1 N–H and O–H groups in total. The zero-order chi connectivity index (χ0) is 22.0. The minimum absolute atomic E-state index is 0.189. The van der Waals surface area contributed by atoms with Gasteiger partial charge in [-0.1, -0.05) is 23.8 Å². The molecule has 0 aliphatic carbocycles. The van der Waals surface area contributed by atoms with Crippen molar-refractivity contribution in [3.05, 3.63) is 70.9 Å². The fraction of sp³-hybridized carbons (Fsp3) is 0.304. The van der Waals surface area contributed by atoms with E-state index in [0.717, 1.165) is 27.7 Å². The lowest BCUT2D eigenvalue weighted by Gasteiger charge is -2.26. The molecule has 4 rings (SSSR count). The SMILES string of the molecule is Cc1ccc2nc(C)cc(C(=O)NCc3ccc(S(=O)(=O)N4CCOCC4)cc3)c2c1. The van der Waals surface area contributed by atoms with Gasteiger partial charge in [-0.2, -0.15) is 4.31 Å². The Morgan fingerprint density at radius 2 is 1.77 bits per heavy atom. The summed E-state index contributed by atoms with van der Waals surface area (Å²) in [5, 5.41) is 3.75. The lowest BCUT2D eigenvalue weighted by molar-refractivity contribution is 0.0730. The van der Waals surface area contributed by atoms with Crippen LogP contribution >= 0.6 is 0 Å². The number of rotatable bonds is 5. The molecule has 1 aliphatic heterocycles. The van der Waals surface area contributed by atoms with Gasteiger partial charge < -0.3 is 10.1 Å². The maximum absolute atomic E-state index is 12.9. The average Bonchev–Trinajstić information content (AvgIpc) is 2.78.